The standard InChI is InChI=1S/C24H19BrF2N2O4S/c1-2-32-24(31)22-21(28-19-9-3-14(26)13-18(19)27)17-8-10-20(30)29(23(17)34-22)15-4-6-16(7-5-15)33-12-11-25/h3-10,13,28H,2,11-12H2,1H3. The van der Waals surface area contributed by atoms with E-state index in [1.165, 1.54) is 16.7 Å². The Balaban J connectivity index is 1.87. The van der Waals surface area contributed by atoms with E-state index >= 15 is 0 Å². The molecule has 1 N–H and O–H groups in total. The number of hydrogen-bond donors (Lipinski definition) is 1. The molecule has 0 aliphatic rings. The van der Waals surface area contributed by atoms with Gasteiger partial charge in [0.1, 0.15) is 27.1 Å². The lowest BCUT2D eigenvalue weighted by molar-refractivity contribution is 0.0533. The van der Waals surface area contributed by atoms with Gasteiger partial charge >= 0.3 is 5.97 Å². The molecule has 0 fully saturated rings. The average molecular weight is 549 g/mol. The largest absolute Gasteiger partial charge is 0.493 e. The first-order valence-corrected chi connectivity index (χ1v) is 12.2. The smallest absolute Gasteiger partial charge is 0.350 e. The van der Waals surface area contributed by atoms with Crippen LogP contribution in [0.4, 0.5) is 20.2 Å². The molecule has 0 saturated heterocycles. The molecule has 0 unspecified atom stereocenters. The lowest BCUT2D eigenvalue weighted by atomic mass is 10.2. The summed E-state index contributed by atoms with van der Waals surface area (Å²) < 4.78 is 40.0. The van der Waals surface area contributed by atoms with Crippen LogP contribution >= 0.6 is 27.3 Å². The van der Waals surface area contributed by atoms with Gasteiger partial charge in [0.25, 0.3) is 5.56 Å². The van der Waals surface area contributed by atoms with Gasteiger partial charge in [0, 0.05) is 22.8 Å². The van der Waals surface area contributed by atoms with Gasteiger partial charge in [0.2, 0.25) is 0 Å². The Kier molecular flexibility index (Phi) is 7.28. The van der Waals surface area contributed by atoms with Crippen molar-refractivity contribution >= 4 is 54.8 Å². The molecule has 4 rings (SSSR count). The molecule has 0 atom stereocenters. The highest BCUT2D eigenvalue weighted by atomic mass is 79.9. The molecule has 0 radical (unpaired) electrons. The fraction of sp³-hybridized carbons (Fsp3) is 0.167. The third kappa shape index (κ3) is 4.83. The molecule has 176 valence electrons. The molecule has 2 aromatic heterocycles. The zero-order valence-electron chi connectivity index (χ0n) is 17.9. The summed E-state index contributed by atoms with van der Waals surface area (Å²) in [5.41, 5.74) is 0.517. The molecule has 2 heterocycles. The number of thiophene rings is 1. The Morgan fingerprint density at radius 3 is 2.56 bits per heavy atom. The molecule has 2 aromatic carbocycles. The topological polar surface area (TPSA) is 69.6 Å². The van der Waals surface area contributed by atoms with Crippen molar-refractivity contribution in [1.82, 2.24) is 4.57 Å². The number of alkyl halides is 1. The third-order valence-corrected chi connectivity index (χ3v) is 6.33. The number of ether oxygens (including phenoxy) is 2. The van der Waals surface area contributed by atoms with E-state index in [0.29, 0.717) is 33.6 Å². The van der Waals surface area contributed by atoms with Gasteiger partial charge in [-0.25, -0.2) is 13.6 Å². The van der Waals surface area contributed by atoms with Crippen molar-refractivity contribution in [2.75, 3.05) is 23.9 Å². The van der Waals surface area contributed by atoms with Crippen LogP contribution in [0, 0.1) is 11.6 Å². The minimum atomic E-state index is -0.818. The summed E-state index contributed by atoms with van der Waals surface area (Å²) in [5.74, 6) is -1.51. The average Bonchev–Trinajstić information content (AvgIpc) is 3.18. The van der Waals surface area contributed by atoms with E-state index < -0.39 is 17.6 Å². The fourth-order valence-electron chi connectivity index (χ4n) is 3.36. The Labute approximate surface area is 205 Å². The summed E-state index contributed by atoms with van der Waals surface area (Å²) in [6.07, 6.45) is 0. The SMILES string of the molecule is CCOC(=O)c1sc2c(ccc(=O)n2-c2ccc(OCCBr)cc2)c1Nc1ccc(F)cc1F. The summed E-state index contributed by atoms with van der Waals surface area (Å²) >= 11 is 4.35. The molecule has 6 nitrogen and oxygen atoms in total. The van der Waals surface area contributed by atoms with E-state index in [2.05, 4.69) is 21.2 Å². The number of carbonyl (C=O) groups excluding carboxylic acids is 1. The first kappa shape index (κ1) is 23.9. The van der Waals surface area contributed by atoms with Crippen LogP contribution in [-0.4, -0.2) is 29.1 Å². The lowest BCUT2D eigenvalue weighted by Gasteiger charge is -2.11. The van der Waals surface area contributed by atoms with E-state index in [-0.39, 0.29) is 28.4 Å². The summed E-state index contributed by atoms with van der Waals surface area (Å²) in [5, 5.41) is 4.08. The van der Waals surface area contributed by atoms with Crippen LogP contribution in [0.2, 0.25) is 0 Å². The predicted molar refractivity (Wildman–Crippen MR) is 132 cm³/mol. The van der Waals surface area contributed by atoms with Gasteiger partial charge in [-0.1, -0.05) is 15.9 Å². The lowest BCUT2D eigenvalue weighted by Crippen LogP contribution is -2.16. The second-order valence-corrected chi connectivity index (χ2v) is 8.83. The second kappa shape index (κ2) is 10.4. The Morgan fingerprint density at radius 1 is 1.12 bits per heavy atom. The van der Waals surface area contributed by atoms with Crippen molar-refractivity contribution in [1.29, 1.82) is 0 Å². The molecular formula is C24H19BrF2N2O4S. The quantitative estimate of drug-likeness (QED) is 0.215. The highest BCUT2D eigenvalue weighted by molar-refractivity contribution is 9.09. The summed E-state index contributed by atoms with van der Waals surface area (Å²) in [4.78, 5) is 26.2. The zero-order chi connectivity index (χ0) is 24.2. The van der Waals surface area contributed by atoms with Crippen LogP contribution in [0.15, 0.2) is 59.4 Å². The molecule has 0 aliphatic carbocycles. The van der Waals surface area contributed by atoms with E-state index in [4.69, 9.17) is 9.47 Å². The van der Waals surface area contributed by atoms with Gasteiger partial charge in [-0.2, -0.15) is 0 Å². The Hall–Kier alpha value is -3.24. The number of nitrogens with one attached hydrogen (secondary N) is 1. The van der Waals surface area contributed by atoms with Crippen LogP contribution in [0.5, 0.6) is 5.75 Å². The molecule has 0 spiro atoms. The number of rotatable bonds is 8. The number of aromatic nitrogens is 1. The van der Waals surface area contributed by atoms with Crippen molar-refractivity contribution in [3.05, 3.63) is 81.5 Å². The van der Waals surface area contributed by atoms with Crippen molar-refractivity contribution in [3.63, 3.8) is 0 Å². The van der Waals surface area contributed by atoms with Crippen LogP contribution in [0.25, 0.3) is 15.9 Å². The number of carbonyl (C=O) groups is 1. The van der Waals surface area contributed by atoms with Crippen LogP contribution in [0.3, 0.4) is 0 Å². The van der Waals surface area contributed by atoms with Gasteiger partial charge in [-0.15, -0.1) is 11.3 Å². The first-order valence-electron chi connectivity index (χ1n) is 10.3. The van der Waals surface area contributed by atoms with Gasteiger partial charge in [0.15, 0.2) is 0 Å². The molecule has 0 bridgehead atoms. The molecule has 10 heteroatoms. The van der Waals surface area contributed by atoms with Gasteiger partial charge < -0.3 is 14.8 Å². The molecule has 0 saturated carbocycles. The van der Waals surface area contributed by atoms with E-state index in [1.54, 1.807) is 37.3 Å². The number of anilines is 2. The van der Waals surface area contributed by atoms with Gasteiger partial charge in [-0.05, 0) is 49.4 Å². The second-order valence-electron chi connectivity index (χ2n) is 7.03. The van der Waals surface area contributed by atoms with E-state index in [1.807, 2.05) is 0 Å². The molecule has 34 heavy (non-hydrogen) atoms. The van der Waals surface area contributed by atoms with E-state index in [0.717, 1.165) is 23.5 Å². The van der Waals surface area contributed by atoms with Gasteiger partial charge in [-0.3, -0.25) is 9.36 Å². The number of fused-ring (bicyclic) bond motifs is 1. The van der Waals surface area contributed by atoms with E-state index in [9.17, 15) is 18.4 Å². The molecular weight excluding hydrogens is 530 g/mol. The summed E-state index contributed by atoms with van der Waals surface area (Å²) in [6, 6.07) is 13.0. The monoisotopic (exact) mass is 548 g/mol. The maximum absolute atomic E-state index is 14.4. The normalized spacial score (nSPS) is 10.9. The van der Waals surface area contributed by atoms with Gasteiger partial charge in [0.05, 0.1) is 30.3 Å². The summed E-state index contributed by atoms with van der Waals surface area (Å²) in [6.45, 7) is 2.31. The fourth-order valence-corrected chi connectivity index (χ4v) is 4.69. The predicted octanol–water partition coefficient (Wildman–Crippen LogP) is 6.02. The van der Waals surface area contributed by atoms with Crippen molar-refractivity contribution < 1.29 is 23.0 Å². The Bertz CT molecular complexity index is 1400. The molecule has 4 aromatic rings. The minimum absolute atomic E-state index is 0.0160. The highest BCUT2D eigenvalue weighted by Crippen LogP contribution is 2.39. The van der Waals surface area contributed by atoms with Crippen LogP contribution in [0.1, 0.15) is 16.6 Å². The molecule has 0 amide bonds. The summed E-state index contributed by atoms with van der Waals surface area (Å²) in [7, 11) is 0. The zero-order valence-corrected chi connectivity index (χ0v) is 20.3. The Morgan fingerprint density at radius 2 is 1.88 bits per heavy atom. The van der Waals surface area contributed by atoms with Crippen LogP contribution < -0.4 is 15.6 Å². The first-order chi connectivity index (χ1) is 16.4. The number of benzene rings is 2. The maximum atomic E-state index is 14.4. The third-order valence-electron chi connectivity index (χ3n) is 4.83. The van der Waals surface area contributed by atoms with Crippen molar-refractivity contribution in [2.45, 2.75) is 6.92 Å². The van der Waals surface area contributed by atoms with Crippen molar-refractivity contribution in [2.24, 2.45) is 0 Å². The molecule has 0 aliphatic heterocycles. The maximum Gasteiger partial charge on any atom is 0.350 e. The number of halogens is 3. The number of pyridine rings is 1. The van der Waals surface area contributed by atoms with Crippen LogP contribution in [-0.2, 0) is 4.74 Å². The number of esters is 1. The number of nitrogens with zero attached hydrogens (tertiary/aromatic N) is 1. The van der Waals surface area contributed by atoms with Crippen molar-refractivity contribution in [3.8, 4) is 11.4 Å². The number of hydrogen-bond acceptors (Lipinski definition) is 6. The minimum Gasteiger partial charge on any atom is -0.493 e. The highest BCUT2D eigenvalue weighted by Gasteiger charge is 2.23.